The molecule has 0 aliphatic carbocycles. The minimum Gasteiger partial charge on any atom is -0.375 e. The molecule has 4 nitrogen and oxygen atoms in total. The number of rotatable bonds is 3. The predicted molar refractivity (Wildman–Crippen MR) is 64.0 cm³/mol. The standard InChI is InChI=1S/C12H24N2O2/c1-8(9(2)13)11(15)14-10-5-6-16-12(3,4)7-10/h8-10H,5-7,13H2,1-4H3,(H,14,15). The van der Waals surface area contributed by atoms with Gasteiger partial charge in [-0.25, -0.2) is 0 Å². The second-order valence-corrected chi connectivity index (χ2v) is 5.45. The Kier molecular flexibility index (Phi) is 4.33. The van der Waals surface area contributed by atoms with Gasteiger partial charge in [0.1, 0.15) is 0 Å². The van der Waals surface area contributed by atoms with E-state index in [1.54, 1.807) is 0 Å². The van der Waals surface area contributed by atoms with Crippen LogP contribution in [0.5, 0.6) is 0 Å². The molecule has 0 bridgehead atoms. The average molecular weight is 228 g/mol. The lowest BCUT2D eigenvalue weighted by Gasteiger charge is -2.36. The van der Waals surface area contributed by atoms with Crippen LogP contribution in [0, 0.1) is 5.92 Å². The molecular weight excluding hydrogens is 204 g/mol. The lowest BCUT2D eigenvalue weighted by molar-refractivity contribution is -0.127. The Morgan fingerprint density at radius 3 is 2.62 bits per heavy atom. The molecule has 1 aliphatic rings. The van der Waals surface area contributed by atoms with Crippen molar-refractivity contribution in [3.05, 3.63) is 0 Å². The molecule has 1 amide bonds. The van der Waals surface area contributed by atoms with Crippen LogP contribution in [0.15, 0.2) is 0 Å². The maximum absolute atomic E-state index is 11.8. The Morgan fingerprint density at radius 1 is 1.50 bits per heavy atom. The van der Waals surface area contributed by atoms with Crippen LogP contribution in [-0.2, 0) is 9.53 Å². The summed E-state index contributed by atoms with van der Waals surface area (Å²) in [5, 5.41) is 3.06. The van der Waals surface area contributed by atoms with E-state index in [4.69, 9.17) is 10.5 Å². The van der Waals surface area contributed by atoms with E-state index in [1.165, 1.54) is 0 Å². The van der Waals surface area contributed by atoms with Crippen LogP contribution in [-0.4, -0.2) is 30.2 Å². The first-order chi connectivity index (χ1) is 7.32. The number of hydrogen-bond acceptors (Lipinski definition) is 3. The highest BCUT2D eigenvalue weighted by molar-refractivity contribution is 5.79. The van der Waals surface area contributed by atoms with Crippen molar-refractivity contribution >= 4 is 5.91 Å². The van der Waals surface area contributed by atoms with E-state index >= 15 is 0 Å². The summed E-state index contributed by atoms with van der Waals surface area (Å²) in [7, 11) is 0. The van der Waals surface area contributed by atoms with Gasteiger partial charge >= 0.3 is 0 Å². The summed E-state index contributed by atoms with van der Waals surface area (Å²) in [4.78, 5) is 11.8. The molecule has 0 spiro atoms. The summed E-state index contributed by atoms with van der Waals surface area (Å²) in [6, 6.07) is 0.116. The summed E-state index contributed by atoms with van der Waals surface area (Å²) < 4.78 is 5.61. The number of hydrogen-bond donors (Lipinski definition) is 2. The van der Waals surface area contributed by atoms with Crippen molar-refractivity contribution in [1.82, 2.24) is 5.32 Å². The summed E-state index contributed by atoms with van der Waals surface area (Å²) in [5.41, 5.74) is 5.58. The molecule has 3 N–H and O–H groups in total. The monoisotopic (exact) mass is 228 g/mol. The zero-order valence-electron chi connectivity index (χ0n) is 10.7. The molecule has 1 aliphatic heterocycles. The summed E-state index contributed by atoms with van der Waals surface area (Å²) in [6.45, 7) is 8.55. The summed E-state index contributed by atoms with van der Waals surface area (Å²) in [5.74, 6) is -0.0799. The molecular formula is C12H24N2O2. The third kappa shape index (κ3) is 3.76. The van der Waals surface area contributed by atoms with Crippen LogP contribution >= 0.6 is 0 Å². The second-order valence-electron chi connectivity index (χ2n) is 5.45. The van der Waals surface area contributed by atoms with E-state index in [-0.39, 0.29) is 29.5 Å². The maximum atomic E-state index is 11.8. The van der Waals surface area contributed by atoms with Gasteiger partial charge in [-0.1, -0.05) is 6.92 Å². The number of nitrogens with two attached hydrogens (primary N) is 1. The maximum Gasteiger partial charge on any atom is 0.224 e. The molecule has 1 heterocycles. The zero-order valence-corrected chi connectivity index (χ0v) is 10.7. The third-order valence-corrected chi connectivity index (χ3v) is 3.25. The summed E-state index contributed by atoms with van der Waals surface area (Å²) >= 11 is 0. The first kappa shape index (κ1) is 13.5. The first-order valence-corrected chi connectivity index (χ1v) is 6.02. The molecule has 16 heavy (non-hydrogen) atoms. The molecule has 94 valence electrons. The highest BCUT2D eigenvalue weighted by atomic mass is 16.5. The molecule has 4 heteroatoms. The van der Waals surface area contributed by atoms with Gasteiger partial charge in [-0.2, -0.15) is 0 Å². The fourth-order valence-corrected chi connectivity index (χ4v) is 1.93. The van der Waals surface area contributed by atoms with Gasteiger partial charge < -0.3 is 15.8 Å². The molecule has 0 aromatic rings. The van der Waals surface area contributed by atoms with Crippen LogP contribution in [0.2, 0.25) is 0 Å². The van der Waals surface area contributed by atoms with Gasteiger partial charge in [-0.05, 0) is 33.6 Å². The number of ether oxygens (including phenoxy) is 1. The Hall–Kier alpha value is -0.610. The Bertz CT molecular complexity index is 251. The number of carbonyl (C=O) groups excluding carboxylic acids is 1. The molecule has 1 saturated heterocycles. The van der Waals surface area contributed by atoms with Crippen LogP contribution < -0.4 is 11.1 Å². The summed E-state index contributed by atoms with van der Waals surface area (Å²) in [6.07, 6.45) is 1.76. The third-order valence-electron chi connectivity index (χ3n) is 3.25. The predicted octanol–water partition coefficient (Wildman–Crippen LogP) is 1.04. The zero-order chi connectivity index (χ0) is 12.3. The molecule has 3 unspecified atom stereocenters. The molecule has 0 aromatic carbocycles. The van der Waals surface area contributed by atoms with Crippen molar-refractivity contribution in [1.29, 1.82) is 0 Å². The minimum atomic E-state index is -0.133. The molecule has 0 aromatic heterocycles. The first-order valence-electron chi connectivity index (χ1n) is 6.02. The number of amides is 1. The normalized spacial score (nSPS) is 28.2. The number of nitrogens with one attached hydrogen (secondary N) is 1. The van der Waals surface area contributed by atoms with Gasteiger partial charge in [0.25, 0.3) is 0 Å². The van der Waals surface area contributed by atoms with Gasteiger partial charge in [0.2, 0.25) is 5.91 Å². The van der Waals surface area contributed by atoms with E-state index in [0.29, 0.717) is 6.61 Å². The van der Waals surface area contributed by atoms with E-state index in [1.807, 2.05) is 13.8 Å². The van der Waals surface area contributed by atoms with Crippen molar-refractivity contribution in [3.8, 4) is 0 Å². The van der Waals surface area contributed by atoms with Gasteiger partial charge in [0.15, 0.2) is 0 Å². The minimum absolute atomic E-state index is 0.0534. The van der Waals surface area contributed by atoms with Crippen LogP contribution in [0.25, 0.3) is 0 Å². The van der Waals surface area contributed by atoms with Gasteiger partial charge in [-0.3, -0.25) is 4.79 Å². The van der Waals surface area contributed by atoms with Crippen molar-refractivity contribution < 1.29 is 9.53 Å². The van der Waals surface area contributed by atoms with Crippen molar-refractivity contribution in [2.75, 3.05) is 6.61 Å². The largest absolute Gasteiger partial charge is 0.375 e. The van der Waals surface area contributed by atoms with Gasteiger partial charge in [0.05, 0.1) is 5.60 Å². The van der Waals surface area contributed by atoms with E-state index < -0.39 is 0 Å². The molecule has 0 radical (unpaired) electrons. The lowest BCUT2D eigenvalue weighted by atomic mass is 9.93. The lowest BCUT2D eigenvalue weighted by Crippen LogP contribution is -2.49. The van der Waals surface area contributed by atoms with E-state index in [2.05, 4.69) is 19.2 Å². The highest BCUT2D eigenvalue weighted by Crippen LogP contribution is 2.24. The SMILES string of the molecule is CC(N)C(C)C(=O)NC1CCOC(C)(C)C1. The van der Waals surface area contributed by atoms with E-state index in [9.17, 15) is 4.79 Å². The molecule has 1 rings (SSSR count). The Balaban J connectivity index is 2.45. The molecule has 3 atom stereocenters. The van der Waals surface area contributed by atoms with Crippen molar-refractivity contribution in [2.45, 2.75) is 58.2 Å². The van der Waals surface area contributed by atoms with Gasteiger partial charge in [0, 0.05) is 24.6 Å². The fourth-order valence-electron chi connectivity index (χ4n) is 1.93. The topological polar surface area (TPSA) is 64.4 Å². The molecule has 1 fully saturated rings. The second kappa shape index (κ2) is 5.15. The van der Waals surface area contributed by atoms with Gasteiger partial charge in [-0.15, -0.1) is 0 Å². The highest BCUT2D eigenvalue weighted by Gasteiger charge is 2.30. The molecule has 0 saturated carbocycles. The Labute approximate surface area is 97.9 Å². The Morgan fingerprint density at radius 2 is 2.12 bits per heavy atom. The average Bonchev–Trinajstić information content (AvgIpc) is 2.14. The quantitative estimate of drug-likeness (QED) is 0.758. The smallest absolute Gasteiger partial charge is 0.224 e. The van der Waals surface area contributed by atoms with Crippen LogP contribution in [0.4, 0.5) is 0 Å². The fraction of sp³-hybridized carbons (Fsp3) is 0.917. The van der Waals surface area contributed by atoms with Crippen molar-refractivity contribution in [2.24, 2.45) is 11.7 Å². The number of carbonyl (C=O) groups is 1. The van der Waals surface area contributed by atoms with Crippen molar-refractivity contribution in [3.63, 3.8) is 0 Å². The van der Waals surface area contributed by atoms with E-state index in [0.717, 1.165) is 12.8 Å². The van der Waals surface area contributed by atoms with Crippen LogP contribution in [0.1, 0.15) is 40.5 Å². The van der Waals surface area contributed by atoms with Crippen LogP contribution in [0.3, 0.4) is 0 Å².